The molecule has 0 heterocycles. The van der Waals surface area contributed by atoms with E-state index in [0.29, 0.717) is 15.7 Å². The molecule has 0 unspecified atom stereocenters. The van der Waals surface area contributed by atoms with Crippen molar-refractivity contribution in [3.05, 3.63) is 58.1 Å². The van der Waals surface area contributed by atoms with Crippen molar-refractivity contribution in [2.75, 3.05) is 30.8 Å². The van der Waals surface area contributed by atoms with Gasteiger partial charge < -0.3 is 15.5 Å². The van der Waals surface area contributed by atoms with E-state index in [4.69, 9.17) is 23.2 Å². The van der Waals surface area contributed by atoms with Gasteiger partial charge in [-0.2, -0.15) is 0 Å². The van der Waals surface area contributed by atoms with Crippen molar-refractivity contribution < 1.29 is 9.59 Å². The number of rotatable bonds is 6. The van der Waals surface area contributed by atoms with E-state index in [0.717, 1.165) is 11.3 Å². The molecule has 132 valence electrons. The summed E-state index contributed by atoms with van der Waals surface area (Å²) in [5.41, 5.74) is 2.17. The average molecular weight is 380 g/mol. The van der Waals surface area contributed by atoms with Crippen molar-refractivity contribution >= 4 is 46.4 Å². The molecule has 0 bridgehead atoms. The van der Waals surface area contributed by atoms with Gasteiger partial charge in [0.15, 0.2) is 0 Å². The minimum Gasteiger partial charge on any atom is -0.376 e. The molecule has 7 heteroatoms. The summed E-state index contributed by atoms with van der Waals surface area (Å²) in [5, 5.41) is 6.80. The first-order valence-electron chi connectivity index (χ1n) is 7.66. The highest BCUT2D eigenvalue weighted by atomic mass is 35.5. The summed E-state index contributed by atoms with van der Waals surface area (Å²) in [6.45, 7) is 1.87. The van der Waals surface area contributed by atoms with Gasteiger partial charge in [-0.25, -0.2) is 0 Å². The van der Waals surface area contributed by atoms with Gasteiger partial charge in [-0.3, -0.25) is 9.59 Å². The molecule has 0 aromatic heterocycles. The summed E-state index contributed by atoms with van der Waals surface area (Å²) in [7, 11) is 1.57. The molecule has 0 aliphatic heterocycles. The van der Waals surface area contributed by atoms with E-state index in [-0.39, 0.29) is 24.9 Å². The van der Waals surface area contributed by atoms with Gasteiger partial charge in [0.25, 0.3) is 0 Å². The molecule has 2 aromatic rings. The minimum atomic E-state index is -0.317. The molecule has 0 radical (unpaired) electrons. The van der Waals surface area contributed by atoms with E-state index in [2.05, 4.69) is 10.6 Å². The Morgan fingerprint density at radius 2 is 1.64 bits per heavy atom. The number of halogens is 2. The zero-order chi connectivity index (χ0) is 18.4. The Balaban J connectivity index is 1.86. The lowest BCUT2D eigenvalue weighted by Gasteiger charge is -2.18. The lowest BCUT2D eigenvalue weighted by atomic mass is 10.2. The smallest absolute Gasteiger partial charge is 0.244 e. The van der Waals surface area contributed by atoms with E-state index < -0.39 is 0 Å². The molecular formula is C18H19Cl2N3O2. The minimum absolute atomic E-state index is 0.0665. The number of nitrogens with zero attached hydrogens (tertiary/aromatic N) is 1. The van der Waals surface area contributed by atoms with E-state index in [9.17, 15) is 9.59 Å². The molecule has 2 N–H and O–H groups in total. The van der Waals surface area contributed by atoms with Crippen LogP contribution in [0.3, 0.4) is 0 Å². The third-order valence-corrected chi connectivity index (χ3v) is 4.39. The SMILES string of the molecule is Cc1c(Cl)cccc1NCC(=O)N(C)CC(=O)Nc1ccccc1Cl. The number of benzene rings is 2. The van der Waals surface area contributed by atoms with Gasteiger partial charge in [-0.1, -0.05) is 41.4 Å². The van der Waals surface area contributed by atoms with Crippen LogP contribution in [-0.2, 0) is 9.59 Å². The molecule has 0 atom stereocenters. The lowest BCUT2D eigenvalue weighted by molar-refractivity contribution is -0.131. The van der Waals surface area contributed by atoms with Gasteiger partial charge >= 0.3 is 0 Å². The topological polar surface area (TPSA) is 61.4 Å². The Kier molecular flexibility index (Phi) is 6.67. The maximum atomic E-state index is 12.2. The Morgan fingerprint density at radius 3 is 2.36 bits per heavy atom. The van der Waals surface area contributed by atoms with Crippen molar-refractivity contribution in [2.45, 2.75) is 6.92 Å². The molecule has 0 saturated carbocycles. The van der Waals surface area contributed by atoms with Crippen molar-refractivity contribution in [2.24, 2.45) is 0 Å². The average Bonchev–Trinajstić information content (AvgIpc) is 2.58. The highest BCUT2D eigenvalue weighted by molar-refractivity contribution is 6.33. The fourth-order valence-electron chi connectivity index (χ4n) is 2.16. The van der Waals surface area contributed by atoms with E-state index >= 15 is 0 Å². The number of hydrogen-bond acceptors (Lipinski definition) is 3. The van der Waals surface area contributed by atoms with Gasteiger partial charge in [0.05, 0.1) is 23.8 Å². The standard InChI is InChI=1S/C18H19Cl2N3O2/c1-12-13(19)7-5-9-15(12)21-10-18(25)23(2)11-17(24)22-16-8-4-3-6-14(16)20/h3-9,21H,10-11H2,1-2H3,(H,22,24). The zero-order valence-electron chi connectivity index (χ0n) is 14.0. The molecule has 2 aromatic carbocycles. The highest BCUT2D eigenvalue weighted by Crippen LogP contribution is 2.23. The van der Waals surface area contributed by atoms with Gasteiger partial charge in [0, 0.05) is 17.8 Å². The predicted molar refractivity (Wildman–Crippen MR) is 102 cm³/mol. The second kappa shape index (κ2) is 8.74. The van der Waals surface area contributed by atoms with E-state index in [1.165, 1.54) is 4.90 Å². The quantitative estimate of drug-likeness (QED) is 0.801. The third kappa shape index (κ3) is 5.37. The molecule has 5 nitrogen and oxygen atoms in total. The maximum Gasteiger partial charge on any atom is 0.244 e. The van der Waals surface area contributed by atoms with Gasteiger partial charge in [-0.05, 0) is 36.8 Å². The molecule has 2 amide bonds. The largest absolute Gasteiger partial charge is 0.376 e. The van der Waals surface area contributed by atoms with E-state index in [1.54, 1.807) is 37.4 Å². The summed E-state index contributed by atoms with van der Waals surface area (Å²) in [4.78, 5) is 25.6. The fourth-order valence-corrected chi connectivity index (χ4v) is 2.52. The van der Waals surface area contributed by atoms with Crippen molar-refractivity contribution in [1.29, 1.82) is 0 Å². The van der Waals surface area contributed by atoms with Crippen LogP contribution in [0.5, 0.6) is 0 Å². The fraction of sp³-hybridized carbons (Fsp3) is 0.222. The normalized spacial score (nSPS) is 10.2. The van der Waals surface area contributed by atoms with Gasteiger partial charge in [0.2, 0.25) is 11.8 Å². The summed E-state index contributed by atoms with van der Waals surface area (Å²) in [6.07, 6.45) is 0. The predicted octanol–water partition coefficient (Wildman–Crippen LogP) is 3.81. The van der Waals surface area contributed by atoms with Crippen LogP contribution < -0.4 is 10.6 Å². The zero-order valence-corrected chi connectivity index (χ0v) is 15.5. The third-order valence-electron chi connectivity index (χ3n) is 3.65. The Labute approximate surface area is 156 Å². The summed E-state index contributed by atoms with van der Waals surface area (Å²) < 4.78 is 0. The van der Waals surface area contributed by atoms with Crippen molar-refractivity contribution in [1.82, 2.24) is 4.90 Å². The molecule has 0 aliphatic carbocycles. The van der Waals surface area contributed by atoms with Crippen LogP contribution in [0.25, 0.3) is 0 Å². The number of hydrogen-bond donors (Lipinski definition) is 2. The number of carbonyl (C=O) groups is 2. The number of para-hydroxylation sites is 1. The number of anilines is 2. The van der Waals surface area contributed by atoms with Crippen LogP contribution >= 0.6 is 23.2 Å². The Bertz CT molecular complexity index is 781. The first-order valence-corrected chi connectivity index (χ1v) is 8.41. The molecule has 0 spiro atoms. The molecule has 25 heavy (non-hydrogen) atoms. The van der Waals surface area contributed by atoms with Crippen molar-refractivity contribution in [3.8, 4) is 0 Å². The Morgan fingerprint density at radius 1 is 1.00 bits per heavy atom. The summed E-state index contributed by atoms with van der Waals surface area (Å²) in [6, 6.07) is 12.4. The molecule has 0 fully saturated rings. The first-order chi connectivity index (χ1) is 11.9. The van der Waals surface area contributed by atoms with Gasteiger partial charge in [0.1, 0.15) is 0 Å². The highest BCUT2D eigenvalue weighted by Gasteiger charge is 2.14. The van der Waals surface area contributed by atoms with Gasteiger partial charge in [-0.15, -0.1) is 0 Å². The van der Waals surface area contributed by atoms with Crippen LogP contribution in [-0.4, -0.2) is 36.9 Å². The summed E-state index contributed by atoms with van der Waals surface area (Å²) in [5.74, 6) is -0.531. The van der Waals surface area contributed by atoms with E-state index in [1.807, 2.05) is 19.1 Å². The number of likely N-dealkylation sites (N-methyl/N-ethyl adjacent to an activating group) is 1. The number of amides is 2. The molecule has 0 aliphatic rings. The molecular weight excluding hydrogens is 361 g/mol. The Hall–Kier alpha value is -2.24. The second-order valence-corrected chi connectivity index (χ2v) is 6.36. The first kappa shape index (κ1) is 19.1. The molecule has 2 rings (SSSR count). The second-order valence-electron chi connectivity index (χ2n) is 5.54. The van der Waals surface area contributed by atoms with Crippen LogP contribution in [0.1, 0.15) is 5.56 Å². The lowest BCUT2D eigenvalue weighted by Crippen LogP contribution is -2.38. The van der Waals surface area contributed by atoms with Crippen LogP contribution in [0.4, 0.5) is 11.4 Å². The van der Waals surface area contributed by atoms with Crippen LogP contribution in [0.15, 0.2) is 42.5 Å². The maximum absolute atomic E-state index is 12.2. The number of carbonyl (C=O) groups excluding carboxylic acids is 2. The molecule has 0 saturated heterocycles. The number of nitrogens with one attached hydrogen (secondary N) is 2. The summed E-state index contributed by atoms with van der Waals surface area (Å²) >= 11 is 12.0. The van der Waals surface area contributed by atoms with Crippen molar-refractivity contribution in [3.63, 3.8) is 0 Å². The van der Waals surface area contributed by atoms with Crippen LogP contribution in [0.2, 0.25) is 10.0 Å². The monoisotopic (exact) mass is 379 g/mol. The van der Waals surface area contributed by atoms with Crippen LogP contribution in [0, 0.1) is 6.92 Å².